The van der Waals surface area contributed by atoms with E-state index in [1.807, 2.05) is 31.2 Å². The summed E-state index contributed by atoms with van der Waals surface area (Å²) in [6.45, 7) is 5.47. The van der Waals surface area contributed by atoms with Gasteiger partial charge in [0.2, 0.25) is 0 Å². The Balaban J connectivity index is 1.90. The fourth-order valence-electron chi connectivity index (χ4n) is 2.13. The highest BCUT2D eigenvalue weighted by Crippen LogP contribution is 2.07. The number of nitrogens with zero attached hydrogens (tertiary/aromatic N) is 1. The Morgan fingerprint density at radius 3 is 2.71 bits per heavy atom. The minimum absolute atomic E-state index is 0.136. The molecular weight excluding hydrogens is 262 g/mol. The van der Waals surface area contributed by atoms with Crippen LogP contribution in [0.4, 0.5) is 5.82 Å². The van der Waals surface area contributed by atoms with Gasteiger partial charge >= 0.3 is 0 Å². The van der Waals surface area contributed by atoms with Gasteiger partial charge in [-0.2, -0.15) is 0 Å². The predicted octanol–water partition coefficient (Wildman–Crippen LogP) is 2.79. The number of carbonyl (C=O) groups excluding carboxylic acids is 1. The SMILES string of the molecule is CCNc1cccc(C(=O)NCCc2ccccc2C)n1. The minimum Gasteiger partial charge on any atom is -0.370 e. The number of carbonyl (C=O) groups is 1. The van der Waals surface area contributed by atoms with Crippen molar-refractivity contribution in [3.05, 3.63) is 59.3 Å². The Hall–Kier alpha value is -2.36. The number of anilines is 1. The molecule has 0 bridgehead atoms. The average Bonchev–Trinajstić information content (AvgIpc) is 2.50. The van der Waals surface area contributed by atoms with Gasteiger partial charge in [-0.3, -0.25) is 4.79 Å². The fourth-order valence-corrected chi connectivity index (χ4v) is 2.13. The first-order valence-electron chi connectivity index (χ1n) is 7.24. The standard InChI is InChI=1S/C17H21N3O/c1-3-18-16-10-6-9-15(20-16)17(21)19-12-11-14-8-5-4-7-13(14)2/h4-10H,3,11-12H2,1-2H3,(H,18,20)(H,19,21). The number of benzene rings is 1. The van der Waals surface area contributed by atoms with E-state index in [2.05, 4.69) is 34.7 Å². The molecule has 4 heteroatoms. The van der Waals surface area contributed by atoms with E-state index in [1.165, 1.54) is 11.1 Å². The molecule has 0 aliphatic heterocycles. The van der Waals surface area contributed by atoms with E-state index in [1.54, 1.807) is 6.07 Å². The zero-order valence-corrected chi connectivity index (χ0v) is 12.5. The van der Waals surface area contributed by atoms with Crippen molar-refractivity contribution in [3.8, 4) is 0 Å². The molecule has 21 heavy (non-hydrogen) atoms. The van der Waals surface area contributed by atoms with Gasteiger partial charge < -0.3 is 10.6 Å². The van der Waals surface area contributed by atoms with Gasteiger partial charge in [-0.1, -0.05) is 30.3 Å². The molecule has 0 unspecified atom stereocenters. The van der Waals surface area contributed by atoms with Crippen molar-refractivity contribution in [2.45, 2.75) is 20.3 Å². The van der Waals surface area contributed by atoms with Gasteiger partial charge in [-0.25, -0.2) is 4.98 Å². The van der Waals surface area contributed by atoms with Crippen LogP contribution in [0.3, 0.4) is 0 Å². The van der Waals surface area contributed by atoms with E-state index in [9.17, 15) is 4.79 Å². The maximum absolute atomic E-state index is 12.1. The Bertz CT molecular complexity index is 610. The highest BCUT2D eigenvalue weighted by molar-refractivity contribution is 5.92. The van der Waals surface area contributed by atoms with Gasteiger partial charge in [0.15, 0.2) is 0 Å². The third-order valence-corrected chi connectivity index (χ3v) is 3.28. The van der Waals surface area contributed by atoms with E-state index < -0.39 is 0 Å². The third-order valence-electron chi connectivity index (χ3n) is 3.28. The maximum atomic E-state index is 12.1. The van der Waals surface area contributed by atoms with Gasteiger partial charge in [0.05, 0.1) is 0 Å². The summed E-state index contributed by atoms with van der Waals surface area (Å²) in [5.41, 5.74) is 2.95. The largest absolute Gasteiger partial charge is 0.370 e. The monoisotopic (exact) mass is 283 g/mol. The topological polar surface area (TPSA) is 54.0 Å². The molecule has 0 radical (unpaired) electrons. The molecule has 0 fully saturated rings. The lowest BCUT2D eigenvalue weighted by Crippen LogP contribution is -2.26. The van der Waals surface area contributed by atoms with E-state index in [0.29, 0.717) is 12.2 Å². The summed E-state index contributed by atoms with van der Waals surface area (Å²) in [7, 11) is 0. The molecule has 0 aliphatic rings. The lowest BCUT2D eigenvalue weighted by atomic mass is 10.1. The number of rotatable bonds is 6. The normalized spacial score (nSPS) is 10.2. The van der Waals surface area contributed by atoms with Gasteiger partial charge in [0, 0.05) is 13.1 Å². The maximum Gasteiger partial charge on any atom is 0.269 e. The molecule has 1 aromatic heterocycles. The number of aromatic nitrogens is 1. The zero-order chi connectivity index (χ0) is 15.1. The van der Waals surface area contributed by atoms with Crippen LogP contribution < -0.4 is 10.6 Å². The third kappa shape index (κ3) is 4.31. The lowest BCUT2D eigenvalue weighted by molar-refractivity contribution is 0.0949. The van der Waals surface area contributed by atoms with Crippen LogP contribution >= 0.6 is 0 Å². The van der Waals surface area contributed by atoms with Gasteiger partial charge in [-0.05, 0) is 43.5 Å². The van der Waals surface area contributed by atoms with Crippen LogP contribution in [-0.4, -0.2) is 24.0 Å². The van der Waals surface area contributed by atoms with Crippen LogP contribution in [-0.2, 0) is 6.42 Å². The van der Waals surface area contributed by atoms with E-state index in [-0.39, 0.29) is 5.91 Å². The number of aryl methyl sites for hydroxylation is 1. The average molecular weight is 283 g/mol. The minimum atomic E-state index is -0.136. The molecule has 0 spiro atoms. The summed E-state index contributed by atoms with van der Waals surface area (Å²) in [6.07, 6.45) is 0.825. The van der Waals surface area contributed by atoms with Crippen LogP contribution in [0.5, 0.6) is 0 Å². The first kappa shape index (κ1) is 15.0. The molecule has 1 heterocycles. The lowest BCUT2D eigenvalue weighted by Gasteiger charge is -2.08. The molecule has 0 atom stereocenters. The number of nitrogens with one attached hydrogen (secondary N) is 2. The fraction of sp³-hybridized carbons (Fsp3) is 0.294. The Morgan fingerprint density at radius 1 is 1.14 bits per heavy atom. The first-order valence-corrected chi connectivity index (χ1v) is 7.24. The second-order valence-electron chi connectivity index (χ2n) is 4.87. The summed E-state index contributed by atoms with van der Waals surface area (Å²) in [5, 5.41) is 6.02. The zero-order valence-electron chi connectivity index (χ0n) is 12.5. The van der Waals surface area contributed by atoms with Crippen LogP contribution in [0.15, 0.2) is 42.5 Å². The van der Waals surface area contributed by atoms with Crippen molar-refractivity contribution in [3.63, 3.8) is 0 Å². The number of pyridine rings is 1. The van der Waals surface area contributed by atoms with Crippen molar-refractivity contribution in [2.75, 3.05) is 18.4 Å². The van der Waals surface area contributed by atoms with Crippen LogP contribution in [0.1, 0.15) is 28.5 Å². The van der Waals surface area contributed by atoms with Gasteiger partial charge in [0.25, 0.3) is 5.91 Å². The van der Waals surface area contributed by atoms with Gasteiger partial charge in [0.1, 0.15) is 11.5 Å². The molecule has 2 rings (SSSR count). The molecule has 0 aliphatic carbocycles. The van der Waals surface area contributed by atoms with Crippen molar-refractivity contribution >= 4 is 11.7 Å². The number of hydrogen-bond acceptors (Lipinski definition) is 3. The van der Waals surface area contributed by atoms with Gasteiger partial charge in [-0.15, -0.1) is 0 Å². The Labute approximate surface area is 125 Å². The van der Waals surface area contributed by atoms with Crippen molar-refractivity contribution in [2.24, 2.45) is 0 Å². The second kappa shape index (κ2) is 7.43. The van der Waals surface area contributed by atoms with Crippen LogP contribution in [0, 0.1) is 6.92 Å². The highest BCUT2D eigenvalue weighted by Gasteiger charge is 2.07. The van der Waals surface area contributed by atoms with Crippen LogP contribution in [0.25, 0.3) is 0 Å². The van der Waals surface area contributed by atoms with Crippen molar-refractivity contribution < 1.29 is 4.79 Å². The van der Waals surface area contributed by atoms with Crippen molar-refractivity contribution in [1.82, 2.24) is 10.3 Å². The molecule has 4 nitrogen and oxygen atoms in total. The molecule has 1 aromatic carbocycles. The second-order valence-corrected chi connectivity index (χ2v) is 4.87. The molecule has 0 saturated carbocycles. The van der Waals surface area contributed by atoms with E-state index >= 15 is 0 Å². The van der Waals surface area contributed by atoms with E-state index in [4.69, 9.17) is 0 Å². The summed E-state index contributed by atoms with van der Waals surface area (Å²) in [5.74, 6) is 0.590. The first-order chi connectivity index (χ1) is 10.2. The Morgan fingerprint density at radius 2 is 1.95 bits per heavy atom. The summed E-state index contributed by atoms with van der Waals surface area (Å²) >= 11 is 0. The molecule has 1 amide bonds. The summed E-state index contributed by atoms with van der Waals surface area (Å²) in [4.78, 5) is 16.4. The van der Waals surface area contributed by atoms with Crippen molar-refractivity contribution in [1.29, 1.82) is 0 Å². The number of hydrogen-bond donors (Lipinski definition) is 2. The smallest absolute Gasteiger partial charge is 0.269 e. The molecule has 2 aromatic rings. The predicted molar refractivity (Wildman–Crippen MR) is 85.6 cm³/mol. The summed E-state index contributed by atoms with van der Waals surface area (Å²) in [6, 6.07) is 13.6. The molecule has 0 saturated heterocycles. The van der Waals surface area contributed by atoms with Crippen LogP contribution in [0.2, 0.25) is 0 Å². The quantitative estimate of drug-likeness (QED) is 0.857. The number of amides is 1. The molecular formula is C17H21N3O. The van der Waals surface area contributed by atoms with E-state index in [0.717, 1.165) is 18.8 Å². The molecule has 110 valence electrons. The molecule has 2 N–H and O–H groups in total. The summed E-state index contributed by atoms with van der Waals surface area (Å²) < 4.78 is 0. The Kier molecular flexibility index (Phi) is 5.32. The highest BCUT2D eigenvalue weighted by atomic mass is 16.1.